The average molecular weight is 515 g/mol. The van der Waals surface area contributed by atoms with Gasteiger partial charge in [-0.05, 0) is 54.4 Å². The van der Waals surface area contributed by atoms with Crippen molar-refractivity contribution in [2.45, 2.75) is 13.3 Å². The molecule has 0 saturated heterocycles. The summed E-state index contributed by atoms with van der Waals surface area (Å²) in [6, 6.07) is 18.5. The fourth-order valence-electron chi connectivity index (χ4n) is 3.52. The van der Waals surface area contributed by atoms with Crippen LogP contribution in [0.2, 0.25) is 10.0 Å². The maximum absolute atomic E-state index is 13.0. The molecular formula is C25H18Cl3N3O3. The number of hydrogen-bond acceptors (Lipinski definition) is 4. The summed E-state index contributed by atoms with van der Waals surface area (Å²) in [5.74, 6) is -1.71. The summed E-state index contributed by atoms with van der Waals surface area (Å²) in [6.45, 7) is 2.01. The molecule has 1 heterocycles. The molecule has 0 unspecified atom stereocenters. The van der Waals surface area contributed by atoms with Crippen LogP contribution in [-0.4, -0.2) is 17.7 Å². The SMILES string of the molecule is CCc1ccccc1NC(=O)c1cccc(NC2=C(Cl)C(=O)N(c3ccc(Cl)cc3Cl)C2=O)c1. The first kappa shape index (κ1) is 23.8. The summed E-state index contributed by atoms with van der Waals surface area (Å²) in [5, 5.41) is 5.98. The Bertz CT molecular complexity index is 1350. The largest absolute Gasteiger partial charge is 0.350 e. The van der Waals surface area contributed by atoms with Crippen LogP contribution in [0.1, 0.15) is 22.8 Å². The summed E-state index contributed by atoms with van der Waals surface area (Å²) in [6.07, 6.45) is 0.773. The van der Waals surface area contributed by atoms with Crippen molar-refractivity contribution in [3.05, 3.63) is 98.6 Å². The minimum Gasteiger partial charge on any atom is -0.350 e. The second kappa shape index (κ2) is 9.89. The van der Waals surface area contributed by atoms with Crippen LogP contribution < -0.4 is 15.5 Å². The van der Waals surface area contributed by atoms with Gasteiger partial charge in [0.05, 0.1) is 10.7 Å². The molecule has 6 nitrogen and oxygen atoms in total. The van der Waals surface area contributed by atoms with E-state index in [1.54, 1.807) is 24.3 Å². The van der Waals surface area contributed by atoms with E-state index in [-0.39, 0.29) is 27.3 Å². The standard InChI is InChI=1S/C25H18Cl3N3O3/c1-2-14-6-3-4-9-19(14)30-23(32)15-7-5-8-17(12-15)29-22-21(28)24(33)31(25(22)34)20-11-10-16(26)13-18(20)27/h3-13,29H,2H2,1H3,(H,30,32). The van der Waals surface area contributed by atoms with Crippen LogP contribution in [0.5, 0.6) is 0 Å². The number of anilines is 3. The number of benzene rings is 3. The molecule has 0 fully saturated rings. The number of halogens is 3. The highest BCUT2D eigenvalue weighted by Crippen LogP contribution is 2.35. The predicted octanol–water partition coefficient (Wildman–Crippen LogP) is 6.24. The van der Waals surface area contributed by atoms with Gasteiger partial charge < -0.3 is 10.6 Å². The zero-order valence-electron chi connectivity index (χ0n) is 17.9. The Morgan fingerprint density at radius 2 is 1.68 bits per heavy atom. The van der Waals surface area contributed by atoms with Crippen molar-refractivity contribution in [2.75, 3.05) is 15.5 Å². The highest BCUT2D eigenvalue weighted by molar-refractivity contribution is 6.54. The van der Waals surface area contributed by atoms with E-state index in [2.05, 4.69) is 10.6 Å². The number of nitrogens with zero attached hydrogens (tertiary/aromatic N) is 1. The lowest BCUT2D eigenvalue weighted by atomic mass is 10.1. The zero-order chi connectivity index (χ0) is 24.4. The van der Waals surface area contributed by atoms with Gasteiger partial charge in [0.15, 0.2) is 0 Å². The minimum atomic E-state index is -0.719. The maximum atomic E-state index is 13.0. The monoisotopic (exact) mass is 513 g/mol. The smallest absolute Gasteiger partial charge is 0.283 e. The van der Waals surface area contributed by atoms with Gasteiger partial charge in [-0.1, -0.05) is 66.0 Å². The quantitative estimate of drug-likeness (QED) is 0.382. The second-order valence-electron chi connectivity index (χ2n) is 7.40. The number of rotatable bonds is 6. The molecule has 2 N–H and O–H groups in total. The number of para-hydroxylation sites is 1. The van der Waals surface area contributed by atoms with Gasteiger partial charge in [0.25, 0.3) is 17.7 Å². The molecule has 0 bridgehead atoms. The Kier molecular flexibility index (Phi) is 6.93. The Labute approximate surface area is 211 Å². The van der Waals surface area contributed by atoms with Gasteiger partial charge >= 0.3 is 0 Å². The lowest BCUT2D eigenvalue weighted by molar-refractivity contribution is -0.120. The number of imide groups is 1. The molecule has 172 valence electrons. The topological polar surface area (TPSA) is 78.5 Å². The predicted molar refractivity (Wildman–Crippen MR) is 136 cm³/mol. The van der Waals surface area contributed by atoms with Gasteiger partial charge in [-0.2, -0.15) is 0 Å². The number of nitrogens with one attached hydrogen (secondary N) is 2. The molecule has 0 aliphatic carbocycles. The molecule has 4 rings (SSSR count). The van der Waals surface area contributed by atoms with E-state index >= 15 is 0 Å². The average Bonchev–Trinajstić information content (AvgIpc) is 3.03. The second-order valence-corrected chi connectivity index (χ2v) is 8.62. The summed E-state index contributed by atoms with van der Waals surface area (Å²) < 4.78 is 0. The van der Waals surface area contributed by atoms with Crippen LogP contribution >= 0.6 is 34.8 Å². The lowest BCUT2D eigenvalue weighted by Gasteiger charge is -2.17. The van der Waals surface area contributed by atoms with E-state index in [1.165, 1.54) is 18.2 Å². The van der Waals surface area contributed by atoms with Crippen molar-refractivity contribution in [1.82, 2.24) is 0 Å². The van der Waals surface area contributed by atoms with Crippen LogP contribution in [0.25, 0.3) is 0 Å². The van der Waals surface area contributed by atoms with Gasteiger partial charge in [-0.3, -0.25) is 14.4 Å². The number of aryl methyl sites for hydroxylation is 1. The molecular weight excluding hydrogens is 497 g/mol. The molecule has 1 aliphatic rings. The van der Waals surface area contributed by atoms with Crippen LogP contribution in [0, 0.1) is 0 Å². The van der Waals surface area contributed by atoms with Gasteiger partial charge in [-0.25, -0.2) is 4.90 Å². The highest BCUT2D eigenvalue weighted by atomic mass is 35.5. The molecule has 0 atom stereocenters. The van der Waals surface area contributed by atoms with E-state index in [4.69, 9.17) is 34.8 Å². The maximum Gasteiger partial charge on any atom is 0.283 e. The van der Waals surface area contributed by atoms with Crippen LogP contribution in [0.15, 0.2) is 77.5 Å². The van der Waals surface area contributed by atoms with Crippen molar-refractivity contribution < 1.29 is 14.4 Å². The molecule has 3 aromatic rings. The fourth-order valence-corrected chi connectivity index (χ4v) is 4.23. The van der Waals surface area contributed by atoms with Gasteiger partial charge in [-0.15, -0.1) is 0 Å². The highest BCUT2D eigenvalue weighted by Gasteiger charge is 2.39. The molecule has 9 heteroatoms. The number of hydrogen-bond donors (Lipinski definition) is 2. The Balaban J connectivity index is 1.56. The third-order valence-corrected chi connectivity index (χ3v) is 6.11. The van der Waals surface area contributed by atoms with E-state index in [1.807, 2.05) is 31.2 Å². The third-order valence-electron chi connectivity index (χ3n) is 5.22. The van der Waals surface area contributed by atoms with Crippen LogP contribution in [-0.2, 0) is 16.0 Å². The van der Waals surface area contributed by atoms with Crippen molar-refractivity contribution >= 4 is 69.6 Å². The molecule has 3 aromatic carbocycles. The van der Waals surface area contributed by atoms with E-state index < -0.39 is 11.8 Å². The van der Waals surface area contributed by atoms with Crippen LogP contribution in [0.4, 0.5) is 17.1 Å². The van der Waals surface area contributed by atoms with E-state index in [0.29, 0.717) is 16.3 Å². The van der Waals surface area contributed by atoms with Gasteiger partial charge in [0.2, 0.25) is 0 Å². The van der Waals surface area contributed by atoms with Crippen molar-refractivity contribution in [2.24, 2.45) is 0 Å². The molecule has 34 heavy (non-hydrogen) atoms. The van der Waals surface area contributed by atoms with Crippen molar-refractivity contribution in [1.29, 1.82) is 0 Å². The van der Waals surface area contributed by atoms with E-state index in [9.17, 15) is 14.4 Å². The third kappa shape index (κ3) is 4.66. The number of carbonyl (C=O) groups excluding carboxylic acids is 3. The summed E-state index contributed by atoms with van der Waals surface area (Å²) in [5.41, 5.74) is 2.56. The molecule has 0 saturated carbocycles. The van der Waals surface area contributed by atoms with Crippen LogP contribution in [0.3, 0.4) is 0 Å². The Hall–Kier alpha value is -3.32. The minimum absolute atomic E-state index is 0.119. The first-order valence-corrected chi connectivity index (χ1v) is 11.4. The Morgan fingerprint density at radius 3 is 2.41 bits per heavy atom. The summed E-state index contributed by atoms with van der Waals surface area (Å²) in [4.78, 5) is 39.4. The summed E-state index contributed by atoms with van der Waals surface area (Å²) >= 11 is 18.3. The molecule has 3 amide bonds. The Morgan fingerprint density at radius 1 is 0.912 bits per heavy atom. The molecule has 0 spiro atoms. The molecule has 0 aromatic heterocycles. The van der Waals surface area contributed by atoms with Crippen molar-refractivity contribution in [3.8, 4) is 0 Å². The van der Waals surface area contributed by atoms with Gasteiger partial charge in [0, 0.05) is 22.0 Å². The first-order chi connectivity index (χ1) is 16.3. The summed E-state index contributed by atoms with van der Waals surface area (Å²) in [7, 11) is 0. The lowest BCUT2D eigenvalue weighted by Crippen LogP contribution is -2.32. The fraction of sp³-hybridized carbons (Fsp3) is 0.0800. The van der Waals surface area contributed by atoms with Gasteiger partial charge in [0.1, 0.15) is 10.7 Å². The first-order valence-electron chi connectivity index (χ1n) is 10.3. The molecule has 0 radical (unpaired) electrons. The van der Waals surface area contributed by atoms with E-state index in [0.717, 1.165) is 22.6 Å². The van der Waals surface area contributed by atoms with Crippen molar-refractivity contribution in [3.63, 3.8) is 0 Å². The number of carbonyl (C=O) groups is 3. The zero-order valence-corrected chi connectivity index (χ0v) is 20.1. The number of amides is 3. The molecule has 1 aliphatic heterocycles. The normalized spacial score (nSPS) is 13.5.